The summed E-state index contributed by atoms with van der Waals surface area (Å²) in [5.41, 5.74) is 0.966. The molecule has 0 spiro atoms. The molecule has 0 saturated carbocycles. The second kappa shape index (κ2) is 8.06. The number of benzene rings is 1. The summed E-state index contributed by atoms with van der Waals surface area (Å²) in [4.78, 5) is 14.4. The Labute approximate surface area is 136 Å². The second-order valence-corrected chi connectivity index (χ2v) is 5.62. The molecule has 0 unspecified atom stereocenters. The first-order chi connectivity index (χ1) is 11.1. The monoisotopic (exact) mass is 317 g/mol. The molecule has 0 aromatic heterocycles. The molecule has 1 aliphatic heterocycles. The van der Waals surface area contributed by atoms with E-state index in [1.165, 1.54) is 0 Å². The summed E-state index contributed by atoms with van der Waals surface area (Å²) in [7, 11) is 0. The Morgan fingerprint density at radius 2 is 2.04 bits per heavy atom. The van der Waals surface area contributed by atoms with Gasteiger partial charge in [0.1, 0.15) is 6.10 Å². The van der Waals surface area contributed by atoms with Gasteiger partial charge in [0, 0.05) is 12.1 Å². The maximum Gasteiger partial charge on any atom is 0.251 e. The molecule has 0 radical (unpaired) electrons. The predicted octanol–water partition coefficient (Wildman–Crippen LogP) is 0.758. The van der Waals surface area contributed by atoms with E-state index in [0.29, 0.717) is 24.3 Å². The molecule has 6 nitrogen and oxygen atoms in total. The number of nitrogens with one attached hydrogen (secondary N) is 1. The number of rotatable bonds is 6. The van der Waals surface area contributed by atoms with Crippen LogP contribution in [0, 0.1) is 11.3 Å². The minimum absolute atomic E-state index is 0.273. The normalized spacial score (nSPS) is 23.7. The van der Waals surface area contributed by atoms with Gasteiger partial charge in [-0.15, -0.1) is 0 Å². The van der Waals surface area contributed by atoms with Gasteiger partial charge in [-0.05, 0) is 37.4 Å². The van der Waals surface area contributed by atoms with E-state index in [0.717, 1.165) is 13.1 Å². The number of likely N-dealkylation sites (N-methyl/N-ethyl adjacent to an activating group) is 1. The quantitative estimate of drug-likeness (QED) is 0.809. The van der Waals surface area contributed by atoms with Gasteiger partial charge in [-0.2, -0.15) is 5.26 Å². The molecular formula is C17H23N3O3. The number of amides is 1. The van der Waals surface area contributed by atoms with E-state index in [-0.39, 0.29) is 12.0 Å². The number of aliphatic hydroxyl groups excluding tert-OH is 1. The zero-order valence-corrected chi connectivity index (χ0v) is 13.5. The molecule has 1 heterocycles. The molecule has 1 aromatic rings. The van der Waals surface area contributed by atoms with E-state index in [1.807, 2.05) is 6.07 Å². The van der Waals surface area contributed by atoms with Crippen LogP contribution >= 0.6 is 0 Å². The lowest BCUT2D eigenvalue weighted by Gasteiger charge is -2.24. The van der Waals surface area contributed by atoms with Crippen molar-refractivity contribution >= 4 is 5.91 Å². The molecule has 0 bridgehead atoms. The van der Waals surface area contributed by atoms with Crippen LogP contribution in [0.4, 0.5) is 0 Å². The van der Waals surface area contributed by atoms with Crippen LogP contribution < -0.4 is 5.32 Å². The number of hydrogen-bond donors (Lipinski definition) is 2. The summed E-state index contributed by atoms with van der Waals surface area (Å²) in [6.07, 6.45) is -1.01. The minimum atomic E-state index is -0.724. The molecule has 6 heteroatoms. The minimum Gasteiger partial charge on any atom is -0.388 e. The third-order valence-electron chi connectivity index (χ3n) is 4.21. The van der Waals surface area contributed by atoms with Crippen LogP contribution in [0.15, 0.2) is 24.3 Å². The molecule has 3 atom stereocenters. The third-order valence-corrected chi connectivity index (χ3v) is 4.21. The molecule has 124 valence electrons. The average molecular weight is 317 g/mol. The first kappa shape index (κ1) is 17.4. The Morgan fingerprint density at radius 1 is 1.39 bits per heavy atom. The van der Waals surface area contributed by atoms with Crippen molar-refractivity contribution in [2.24, 2.45) is 0 Å². The number of hydrogen-bond acceptors (Lipinski definition) is 5. The van der Waals surface area contributed by atoms with E-state index in [4.69, 9.17) is 10.00 Å². The first-order valence-corrected chi connectivity index (χ1v) is 7.92. The molecule has 0 aliphatic carbocycles. The van der Waals surface area contributed by atoms with E-state index in [1.54, 1.807) is 24.3 Å². The van der Waals surface area contributed by atoms with Crippen molar-refractivity contribution in [3.63, 3.8) is 0 Å². The Balaban J connectivity index is 1.92. The standard InChI is InChI=1S/C17H23N3O3/c1-3-20(4-2)10-15-16(21)14(11-23-15)19-17(22)13-7-5-12(9-18)6-8-13/h5-8,14-16,21H,3-4,10-11H2,1-2H3,(H,19,22)/t14-,15-,16+/m0/s1. The van der Waals surface area contributed by atoms with Crippen molar-refractivity contribution in [2.75, 3.05) is 26.2 Å². The first-order valence-electron chi connectivity index (χ1n) is 7.92. The Kier molecular flexibility index (Phi) is 6.11. The van der Waals surface area contributed by atoms with Gasteiger partial charge in [-0.1, -0.05) is 13.8 Å². The van der Waals surface area contributed by atoms with Crippen molar-refractivity contribution in [2.45, 2.75) is 32.1 Å². The van der Waals surface area contributed by atoms with Crippen LogP contribution in [0.1, 0.15) is 29.8 Å². The maximum atomic E-state index is 12.2. The highest BCUT2D eigenvalue weighted by molar-refractivity contribution is 5.94. The van der Waals surface area contributed by atoms with Gasteiger partial charge in [0.15, 0.2) is 0 Å². The van der Waals surface area contributed by atoms with Crippen molar-refractivity contribution in [3.8, 4) is 6.07 Å². The molecule has 23 heavy (non-hydrogen) atoms. The van der Waals surface area contributed by atoms with Crippen LogP contribution in [0.2, 0.25) is 0 Å². The summed E-state index contributed by atoms with van der Waals surface area (Å²) in [5, 5.41) is 21.9. The molecular weight excluding hydrogens is 294 g/mol. The highest BCUT2D eigenvalue weighted by Crippen LogP contribution is 2.16. The van der Waals surface area contributed by atoms with Crippen LogP contribution in [0.5, 0.6) is 0 Å². The summed E-state index contributed by atoms with van der Waals surface area (Å²) in [6.45, 7) is 6.87. The molecule has 1 amide bonds. The van der Waals surface area contributed by atoms with Gasteiger partial charge < -0.3 is 20.1 Å². The highest BCUT2D eigenvalue weighted by Gasteiger charge is 2.37. The maximum absolute atomic E-state index is 12.2. The van der Waals surface area contributed by atoms with Crippen molar-refractivity contribution in [1.82, 2.24) is 10.2 Å². The molecule has 1 fully saturated rings. The fraction of sp³-hybridized carbons (Fsp3) is 0.529. The average Bonchev–Trinajstić information content (AvgIpc) is 2.92. The molecule has 2 rings (SSSR count). The zero-order valence-electron chi connectivity index (χ0n) is 13.5. The number of carbonyl (C=O) groups is 1. The fourth-order valence-electron chi connectivity index (χ4n) is 2.66. The number of nitriles is 1. The Morgan fingerprint density at radius 3 is 2.61 bits per heavy atom. The smallest absolute Gasteiger partial charge is 0.251 e. The Bertz CT molecular complexity index is 563. The van der Waals surface area contributed by atoms with Gasteiger partial charge in [0.05, 0.1) is 30.4 Å². The van der Waals surface area contributed by atoms with Gasteiger partial charge in [0.2, 0.25) is 0 Å². The molecule has 1 aromatic carbocycles. The van der Waals surface area contributed by atoms with Crippen molar-refractivity contribution in [1.29, 1.82) is 5.26 Å². The lowest BCUT2D eigenvalue weighted by Crippen LogP contribution is -2.46. The number of nitrogens with zero attached hydrogens (tertiary/aromatic N) is 2. The second-order valence-electron chi connectivity index (χ2n) is 5.62. The third kappa shape index (κ3) is 4.29. The predicted molar refractivity (Wildman–Crippen MR) is 85.9 cm³/mol. The summed E-state index contributed by atoms with van der Waals surface area (Å²) < 4.78 is 5.64. The number of ether oxygens (including phenoxy) is 1. The highest BCUT2D eigenvalue weighted by atomic mass is 16.5. The molecule has 1 aliphatic rings. The van der Waals surface area contributed by atoms with Crippen LogP contribution in [-0.4, -0.2) is 60.4 Å². The van der Waals surface area contributed by atoms with Crippen molar-refractivity contribution < 1.29 is 14.6 Å². The summed E-state index contributed by atoms with van der Waals surface area (Å²) >= 11 is 0. The largest absolute Gasteiger partial charge is 0.388 e. The van der Waals surface area contributed by atoms with Crippen LogP contribution in [0.3, 0.4) is 0 Å². The van der Waals surface area contributed by atoms with Gasteiger partial charge in [0.25, 0.3) is 5.91 Å². The SMILES string of the molecule is CCN(CC)C[C@@H]1OC[C@H](NC(=O)c2ccc(C#N)cc2)[C@H]1O. The van der Waals surface area contributed by atoms with Crippen molar-refractivity contribution in [3.05, 3.63) is 35.4 Å². The van der Waals surface area contributed by atoms with Crippen LogP contribution in [0.25, 0.3) is 0 Å². The Hall–Kier alpha value is -1.94. The lowest BCUT2D eigenvalue weighted by molar-refractivity contribution is 0.0171. The van der Waals surface area contributed by atoms with E-state index in [9.17, 15) is 9.90 Å². The van der Waals surface area contributed by atoms with E-state index in [2.05, 4.69) is 24.1 Å². The number of carbonyl (C=O) groups excluding carboxylic acids is 1. The molecule has 1 saturated heterocycles. The van der Waals surface area contributed by atoms with E-state index < -0.39 is 12.1 Å². The van der Waals surface area contributed by atoms with Crippen LogP contribution in [-0.2, 0) is 4.74 Å². The van der Waals surface area contributed by atoms with Gasteiger partial charge >= 0.3 is 0 Å². The summed E-state index contributed by atoms with van der Waals surface area (Å²) in [6, 6.07) is 7.99. The number of aliphatic hydroxyl groups is 1. The fourth-order valence-corrected chi connectivity index (χ4v) is 2.66. The van der Waals surface area contributed by atoms with E-state index >= 15 is 0 Å². The van der Waals surface area contributed by atoms with Gasteiger partial charge in [-0.25, -0.2) is 0 Å². The molecule has 2 N–H and O–H groups in total. The topological polar surface area (TPSA) is 85.6 Å². The lowest BCUT2D eigenvalue weighted by atomic mass is 10.1. The summed E-state index contributed by atoms with van der Waals surface area (Å²) in [5.74, 6) is -0.273. The zero-order chi connectivity index (χ0) is 16.8. The van der Waals surface area contributed by atoms with Gasteiger partial charge in [-0.3, -0.25) is 4.79 Å².